The molecular weight excluding hydrogens is 469 g/mol. The van der Waals surface area contributed by atoms with Crippen molar-refractivity contribution in [1.29, 1.82) is 0 Å². The molecule has 1 aliphatic rings. The quantitative estimate of drug-likeness (QED) is 0.128. The summed E-state index contributed by atoms with van der Waals surface area (Å²) in [6.45, 7) is 1.27. The van der Waals surface area contributed by atoms with E-state index in [1.807, 2.05) is 13.0 Å². The number of phosphoric acid groups is 1. The summed E-state index contributed by atoms with van der Waals surface area (Å²) in [6.07, 6.45) is 23.3. The standard InChI is InChI=1S/C26H46NO7P/c1-24-19-17-15-13-11-9-7-5-3-2-4-6-8-10-12-14-16-18-20-25(23-26(28)33-24)34-35(30,31)32-22-21-27-29/h7,9,15,17,24-25H,2-6,8,10-14,16,18-23H2,1H3,(H,30,31)/b9-7+,17-15+/t24-,25+/m1/s1. The number of hydrogen-bond acceptors (Lipinski definition) is 7. The average molecular weight is 516 g/mol. The normalized spacial score (nSPS) is 27.0. The molecule has 202 valence electrons. The number of phosphoric ester groups is 1. The molecule has 0 aromatic heterocycles. The Balaban J connectivity index is 2.63. The average Bonchev–Trinajstić information content (AvgIpc) is 2.79. The Hall–Kier alpha value is -1.34. The van der Waals surface area contributed by atoms with Crippen LogP contribution in [0.4, 0.5) is 0 Å². The van der Waals surface area contributed by atoms with Crippen LogP contribution >= 0.6 is 7.82 Å². The number of carbonyl (C=O) groups excluding carboxylic acids is 1. The molecule has 1 unspecified atom stereocenters. The number of rotatable bonds is 6. The fourth-order valence-corrected chi connectivity index (χ4v) is 4.92. The summed E-state index contributed by atoms with van der Waals surface area (Å²) in [5.74, 6) is -0.470. The van der Waals surface area contributed by atoms with Gasteiger partial charge in [-0.3, -0.25) is 13.8 Å². The minimum Gasteiger partial charge on any atom is -0.462 e. The molecular formula is C26H46NO7P. The summed E-state index contributed by atoms with van der Waals surface area (Å²) in [5.41, 5.74) is 0. The number of cyclic esters (lactones) is 1. The lowest BCUT2D eigenvalue weighted by Gasteiger charge is -2.21. The van der Waals surface area contributed by atoms with Crippen LogP contribution in [0.5, 0.6) is 0 Å². The Morgan fingerprint density at radius 2 is 1.51 bits per heavy atom. The van der Waals surface area contributed by atoms with Crippen LogP contribution in [0.2, 0.25) is 0 Å². The highest BCUT2D eigenvalue weighted by Gasteiger charge is 2.28. The van der Waals surface area contributed by atoms with E-state index in [0.717, 1.165) is 38.5 Å². The second-order valence-electron chi connectivity index (χ2n) is 9.26. The summed E-state index contributed by atoms with van der Waals surface area (Å²) in [7, 11) is -4.40. The van der Waals surface area contributed by atoms with Crippen molar-refractivity contribution < 1.29 is 28.0 Å². The van der Waals surface area contributed by atoms with E-state index in [0.29, 0.717) is 12.8 Å². The van der Waals surface area contributed by atoms with Crippen LogP contribution in [0.3, 0.4) is 0 Å². The fourth-order valence-electron chi connectivity index (χ4n) is 3.99. The minimum absolute atomic E-state index is 0.126. The number of nitrogens with zero attached hydrogens (tertiary/aromatic N) is 1. The van der Waals surface area contributed by atoms with E-state index in [2.05, 4.69) is 23.4 Å². The van der Waals surface area contributed by atoms with Crippen LogP contribution in [0.15, 0.2) is 29.5 Å². The van der Waals surface area contributed by atoms with E-state index in [1.54, 1.807) is 0 Å². The van der Waals surface area contributed by atoms with Crippen molar-refractivity contribution in [3.05, 3.63) is 29.2 Å². The molecule has 0 fully saturated rings. The molecule has 1 aliphatic heterocycles. The van der Waals surface area contributed by atoms with Gasteiger partial charge in [0, 0.05) is 6.42 Å². The molecule has 0 saturated heterocycles. The van der Waals surface area contributed by atoms with E-state index in [-0.39, 0.29) is 25.7 Å². The van der Waals surface area contributed by atoms with Crippen molar-refractivity contribution in [2.75, 3.05) is 13.2 Å². The summed E-state index contributed by atoms with van der Waals surface area (Å²) in [5, 5.41) is 2.60. The van der Waals surface area contributed by atoms with Crippen LogP contribution in [0, 0.1) is 4.91 Å². The predicted molar refractivity (Wildman–Crippen MR) is 139 cm³/mol. The van der Waals surface area contributed by atoms with Crippen LogP contribution in [-0.4, -0.2) is 36.2 Å². The molecule has 0 radical (unpaired) electrons. The topological polar surface area (TPSA) is 111 Å². The van der Waals surface area contributed by atoms with E-state index in [9.17, 15) is 19.2 Å². The van der Waals surface area contributed by atoms with Crippen molar-refractivity contribution in [1.82, 2.24) is 0 Å². The highest BCUT2D eigenvalue weighted by molar-refractivity contribution is 7.47. The van der Waals surface area contributed by atoms with Crippen LogP contribution in [-0.2, 0) is 23.1 Å². The lowest BCUT2D eigenvalue weighted by molar-refractivity contribution is -0.150. The van der Waals surface area contributed by atoms with Crippen molar-refractivity contribution >= 4 is 13.8 Å². The maximum Gasteiger partial charge on any atom is 0.472 e. The second kappa shape index (κ2) is 20.8. The van der Waals surface area contributed by atoms with Gasteiger partial charge >= 0.3 is 13.8 Å². The Morgan fingerprint density at radius 1 is 0.943 bits per heavy atom. The Kier molecular flexibility index (Phi) is 18.8. The van der Waals surface area contributed by atoms with Crippen molar-refractivity contribution in [3.8, 4) is 0 Å². The Bertz CT molecular complexity index is 668. The second-order valence-corrected chi connectivity index (χ2v) is 10.7. The van der Waals surface area contributed by atoms with Crippen molar-refractivity contribution in [2.45, 2.75) is 122 Å². The summed E-state index contributed by atoms with van der Waals surface area (Å²) in [6, 6.07) is 0. The summed E-state index contributed by atoms with van der Waals surface area (Å²) in [4.78, 5) is 32.6. The molecule has 0 bridgehead atoms. The van der Waals surface area contributed by atoms with Gasteiger partial charge in [0.1, 0.15) is 12.6 Å². The number of nitroso groups, excluding NO2 is 1. The van der Waals surface area contributed by atoms with Gasteiger partial charge in [-0.1, -0.05) is 87.3 Å². The number of esters is 1. The van der Waals surface area contributed by atoms with Crippen LogP contribution < -0.4 is 0 Å². The molecule has 1 rings (SSSR count). The van der Waals surface area contributed by atoms with E-state index >= 15 is 0 Å². The summed E-state index contributed by atoms with van der Waals surface area (Å²) >= 11 is 0. The molecule has 1 heterocycles. The summed E-state index contributed by atoms with van der Waals surface area (Å²) < 4.78 is 27.8. The number of allylic oxidation sites excluding steroid dienone is 3. The molecule has 3 atom stereocenters. The van der Waals surface area contributed by atoms with Gasteiger partial charge in [-0.25, -0.2) is 4.57 Å². The number of ether oxygens (including phenoxy) is 1. The third-order valence-electron chi connectivity index (χ3n) is 5.89. The molecule has 0 amide bonds. The van der Waals surface area contributed by atoms with Crippen LogP contribution in [0.1, 0.15) is 110 Å². The predicted octanol–water partition coefficient (Wildman–Crippen LogP) is 7.55. The first-order valence-corrected chi connectivity index (χ1v) is 14.9. The maximum atomic E-state index is 12.5. The van der Waals surface area contributed by atoms with Gasteiger partial charge in [0.2, 0.25) is 0 Å². The van der Waals surface area contributed by atoms with E-state index in [1.165, 1.54) is 44.9 Å². The first kappa shape index (κ1) is 31.7. The maximum absolute atomic E-state index is 12.5. The SMILES string of the molecule is C[C@@H]1C/C=C/CC/C=C/CCCCCCCCCCCC[C@H](OP(=O)(O)OCCN=O)CC(=O)O1. The van der Waals surface area contributed by atoms with Crippen LogP contribution in [0.25, 0.3) is 0 Å². The first-order chi connectivity index (χ1) is 16.9. The zero-order valence-corrected chi connectivity index (χ0v) is 22.4. The minimum atomic E-state index is -4.40. The Morgan fingerprint density at radius 3 is 2.17 bits per heavy atom. The molecule has 0 aliphatic carbocycles. The molecule has 0 spiro atoms. The van der Waals surface area contributed by atoms with Gasteiger partial charge in [-0.2, -0.15) is 4.91 Å². The lowest BCUT2D eigenvalue weighted by atomic mass is 10.0. The molecule has 0 saturated carbocycles. The Labute approximate surface area is 211 Å². The number of carbonyl (C=O) groups is 1. The van der Waals surface area contributed by atoms with Crippen molar-refractivity contribution in [3.63, 3.8) is 0 Å². The van der Waals surface area contributed by atoms with E-state index in [4.69, 9.17) is 13.8 Å². The van der Waals surface area contributed by atoms with E-state index < -0.39 is 19.9 Å². The molecule has 1 N–H and O–H groups in total. The highest BCUT2D eigenvalue weighted by atomic mass is 31.2. The lowest BCUT2D eigenvalue weighted by Crippen LogP contribution is -2.22. The third kappa shape index (κ3) is 19.5. The van der Waals surface area contributed by atoms with Gasteiger partial charge in [0.25, 0.3) is 0 Å². The van der Waals surface area contributed by atoms with Gasteiger partial charge in [0.05, 0.1) is 19.1 Å². The number of hydrogen-bond donors (Lipinski definition) is 1. The molecule has 35 heavy (non-hydrogen) atoms. The zero-order valence-electron chi connectivity index (χ0n) is 21.5. The zero-order chi connectivity index (χ0) is 25.6. The molecule has 0 aromatic rings. The molecule has 9 heteroatoms. The largest absolute Gasteiger partial charge is 0.472 e. The molecule has 0 aromatic carbocycles. The van der Waals surface area contributed by atoms with Gasteiger partial charge in [-0.15, -0.1) is 0 Å². The van der Waals surface area contributed by atoms with Gasteiger partial charge in [0.15, 0.2) is 0 Å². The fraction of sp³-hybridized carbons (Fsp3) is 0.808. The first-order valence-electron chi connectivity index (χ1n) is 13.4. The van der Waals surface area contributed by atoms with Gasteiger partial charge in [-0.05, 0) is 39.0 Å². The smallest absolute Gasteiger partial charge is 0.462 e. The third-order valence-corrected chi connectivity index (χ3v) is 6.97. The monoisotopic (exact) mass is 515 g/mol. The molecule has 8 nitrogen and oxygen atoms in total. The van der Waals surface area contributed by atoms with Crippen molar-refractivity contribution in [2.24, 2.45) is 5.18 Å². The van der Waals surface area contributed by atoms with Gasteiger partial charge < -0.3 is 9.63 Å². The highest BCUT2D eigenvalue weighted by Crippen LogP contribution is 2.45.